The molecule has 0 amide bonds. The quantitative estimate of drug-likeness (QED) is 0.864. The summed E-state index contributed by atoms with van der Waals surface area (Å²) in [5, 5.41) is 3.16. The summed E-state index contributed by atoms with van der Waals surface area (Å²) in [6.45, 7) is 1.60. The van der Waals surface area contributed by atoms with Crippen LogP contribution in [0.2, 0.25) is 0 Å². The van der Waals surface area contributed by atoms with Crippen molar-refractivity contribution in [1.82, 2.24) is 10.0 Å². The van der Waals surface area contributed by atoms with E-state index in [1.807, 2.05) is 0 Å². The highest BCUT2D eigenvalue weighted by Crippen LogP contribution is 2.13. The SMILES string of the molecule is O=S(=O)(CC1CCCNC1)NCc1ccc(F)c(F)c1. The minimum Gasteiger partial charge on any atom is -0.316 e. The summed E-state index contributed by atoms with van der Waals surface area (Å²) < 4.78 is 52.0. The number of rotatable bonds is 5. The zero-order valence-electron chi connectivity index (χ0n) is 11.0. The molecule has 0 aromatic heterocycles. The summed E-state index contributed by atoms with van der Waals surface area (Å²) in [5.41, 5.74) is 0.397. The molecular formula is C13H18F2N2O2S. The maximum atomic E-state index is 13.0. The number of hydrogen-bond acceptors (Lipinski definition) is 3. The van der Waals surface area contributed by atoms with Gasteiger partial charge in [0.1, 0.15) is 0 Å². The summed E-state index contributed by atoms with van der Waals surface area (Å²) in [6, 6.07) is 3.35. The summed E-state index contributed by atoms with van der Waals surface area (Å²) in [4.78, 5) is 0. The first-order valence-corrected chi connectivity index (χ1v) is 8.23. The van der Waals surface area contributed by atoms with Crippen molar-refractivity contribution in [2.75, 3.05) is 18.8 Å². The Morgan fingerprint density at radius 2 is 2.10 bits per heavy atom. The molecule has 1 heterocycles. The molecule has 1 unspecified atom stereocenters. The fourth-order valence-electron chi connectivity index (χ4n) is 2.28. The van der Waals surface area contributed by atoms with Gasteiger partial charge >= 0.3 is 0 Å². The molecule has 0 bridgehead atoms. The highest BCUT2D eigenvalue weighted by atomic mass is 32.2. The smallest absolute Gasteiger partial charge is 0.212 e. The Balaban J connectivity index is 1.89. The van der Waals surface area contributed by atoms with Crippen LogP contribution in [0.1, 0.15) is 18.4 Å². The molecule has 1 saturated heterocycles. The van der Waals surface area contributed by atoms with Crippen LogP contribution in [0.3, 0.4) is 0 Å². The fourth-order valence-corrected chi connectivity index (χ4v) is 3.69. The van der Waals surface area contributed by atoms with Crippen molar-refractivity contribution < 1.29 is 17.2 Å². The van der Waals surface area contributed by atoms with E-state index >= 15 is 0 Å². The second-order valence-corrected chi connectivity index (χ2v) is 6.91. The lowest BCUT2D eigenvalue weighted by Crippen LogP contribution is -2.37. The van der Waals surface area contributed by atoms with Crippen LogP contribution in [0.4, 0.5) is 8.78 Å². The zero-order chi connectivity index (χ0) is 14.6. The zero-order valence-corrected chi connectivity index (χ0v) is 11.8. The van der Waals surface area contributed by atoms with E-state index in [4.69, 9.17) is 0 Å². The molecule has 1 aliphatic heterocycles. The average Bonchev–Trinajstić information content (AvgIpc) is 2.41. The maximum absolute atomic E-state index is 13.0. The minimum absolute atomic E-state index is 0.0281. The molecule has 1 aromatic carbocycles. The molecular weight excluding hydrogens is 286 g/mol. The monoisotopic (exact) mass is 304 g/mol. The van der Waals surface area contributed by atoms with Crippen LogP contribution in [0.15, 0.2) is 18.2 Å². The first-order chi connectivity index (χ1) is 9.46. The van der Waals surface area contributed by atoms with E-state index in [9.17, 15) is 17.2 Å². The van der Waals surface area contributed by atoms with Crippen LogP contribution < -0.4 is 10.0 Å². The van der Waals surface area contributed by atoms with Crippen LogP contribution in [-0.2, 0) is 16.6 Å². The lowest BCUT2D eigenvalue weighted by molar-refractivity contribution is 0.402. The van der Waals surface area contributed by atoms with Crippen molar-refractivity contribution in [1.29, 1.82) is 0 Å². The van der Waals surface area contributed by atoms with Gasteiger partial charge in [-0.05, 0) is 49.5 Å². The molecule has 112 valence electrons. The lowest BCUT2D eigenvalue weighted by atomic mass is 10.0. The number of piperidine rings is 1. The number of benzene rings is 1. The third-order valence-electron chi connectivity index (χ3n) is 3.33. The van der Waals surface area contributed by atoms with Crippen LogP contribution in [0.25, 0.3) is 0 Å². The molecule has 1 aliphatic rings. The van der Waals surface area contributed by atoms with Gasteiger partial charge < -0.3 is 5.32 Å². The van der Waals surface area contributed by atoms with Gasteiger partial charge in [0.05, 0.1) is 5.75 Å². The van der Waals surface area contributed by atoms with Crippen molar-refractivity contribution in [3.05, 3.63) is 35.4 Å². The molecule has 20 heavy (non-hydrogen) atoms. The van der Waals surface area contributed by atoms with Gasteiger partial charge in [0.25, 0.3) is 0 Å². The standard InChI is InChI=1S/C13H18F2N2O2S/c14-12-4-3-10(6-13(12)15)8-17-20(18,19)9-11-2-1-5-16-7-11/h3-4,6,11,16-17H,1-2,5,7-9H2. The van der Waals surface area contributed by atoms with E-state index < -0.39 is 21.7 Å². The predicted molar refractivity (Wildman–Crippen MR) is 72.6 cm³/mol. The molecule has 7 heteroatoms. The van der Waals surface area contributed by atoms with Gasteiger partial charge in [-0.25, -0.2) is 21.9 Å². The summed E-state index contributed by atoms with van der Waals surface area (Å²) in [7, 11) is -3.41. The Kier molecular flexibility index (Phi) is 5.06. The van der Waals surface area contributed by atoms with E-state index in [0.29, 0.717) is 12.1 Å². The van der Waals surface area contributed by atoms with E-state index in [1.54, 1.807) is 0 Å². The van der Waals surface area contributed by atoms with Crippen LogP contribution in [0.5, 0.6) is 0 Å². The molecule has 0 aliphatic carbocycles. The Morgan fingerprint density at radius 3 is 2.75 bits per heavy atom. The summed E-state index contributed by atoms with van der Waals surface area (Å²) in [5.74, 6) is -1.75. The first-order valence-electron chi connectivity index (χ1n) is 6.58. The third kappa shape index (κ3) is 4.50. The lowest BCUT2D eigenvalue weighted by Gasteiger charge is -2.22. The van der Waals surface area contributed by atoms with Gasteiger partial charge in [-0.1, -0.05) is 6.07 Å². The van der Waals surface area contributed by atoms with Crippen molar-refractivity contribution in [3.8, 4) is 0 Å². The van der Waals surface area contributed by atoms with E-state index in [2.05, 4.69) is 10.0 Å². The molecule has 4 nitrogen and oxygen atoms in total. The Bertz CT molecular complexity index is 557. The van der Waals surface area contributed by atoms with Crippen LogP contribution in [0, 0.1) is 17.6 Å². The highest BCUT2D eigenvalue weighted by molar-refractivity contribution is 7.89. The average molecular weight is 304 g/mol. The van der Waals surface area contributed by atoms with Gasteiger partial charge in [-0.2, -0.15) is 0 Å². The number of halogens is 2. The number of hydrogen-bond donors (Lipinski definition) is 2. The third-order valence-corrected chi connectivity index (χ3v) is 4.83. The second kappa shape index (κ2) is 6.60. The van der Waals surface area contributed by atoms with Gasteiger partial charge in [-0.3, -0.25) is 0 Å². The maximum Gasteiger partial charge on any atom is 0.212 e. The largest absolute Gasteiger partial charge is 0.316 e. The Labute approximate surface area is 117 Å². The molecule has 0 radical (unpaired) electrons. The molecule has 1 atom stereocenters. The van der Waals surface area contributed by atoms with E-state index in [-0.39, 0.29) is 18.2 Å². The molecule has 1 fully saturated rings. The normalized spacial score (nSPS) is 20.0. The van der Waals surface area contributed by atoms with E-state index in [0.717, 1.165) is 31.5 Å². The number of sulfonamides is 1. The van der Waals surface area contributed by atoms with Crippen molar-refractivity contribution in [2.45, 2.75) is 19.4 Å². The summed E-state index contributed by atoms with van der Waals surface area (Å²) >= 11 is 0. The Morgan fingerprint density at radius 1 is 1.30 bits per heavy atom. The summed E-state index contributed by atoms with van der Waals surface area (Å²) in [6.07, 6.45) is 1.86. The Hall–Kier alpha value is -1.05. The molecule has 1 aromatic rings. The second-order valence-electron chi connectivity index (χ2n) is 5.06. The highest BCUT2D eigenvalue weighted by Gasteiger charge is 2.20. The van der Waals surface area contributed by atoms with Crippen molar-refractivity contribution in [2.24, 2.45) is 5.92 Å². The van der Waals surface area contributed by atoms with Gasteiger partial charge in [0.2, 0.25) is 10.0 Å². The molecule has 2 N–H and O–H groups in total. The minimum atomic E-state index is -3.41. The van der Waals surface area contributed by atoms with Gasteiger partial charge in [0.15, 0.2) is 11.6 Å². The predicted octanol–water partition coefficient (Wildman–Crippen LogP) is 1.38. The number of nitrogens with one attached hydrogen (secondary N) is 2. The topological polar surface area (TPSA) is 58.2 Å². The van der Waals surface area contributed by atoms with Gasteiger partial charge in [0, 0.05) is 6.54 Å². The van der Waals surface area contributed by atoms with Crippen molar-refractivity contribution in [3.63, 3.8) is 0 Å². The van der Waals surface area contributed by atoms with E-state index in [1.165, 1.54) is 6.07 Å². The molecule has 2 rings (SSSR count). The fraction of sp³-hybridized carbons (Fsp3) is 0.538. The molecule has 0 saturated carbocycles. The first kappa shape index (κ1) is 15.3. The van der Waals surface area contributed by atoms with Crippen molar-refractivity contribution >= 4 is 10.0 Å². The van der Waals surface area contributed by atoms with Crippen LogP contribution >= 0.6 is 0 Å². The van der Waals surface area contributed by atoms with Crippen LogP contribution in [-0.4, -0.2) is 27.3 Å². The molecule has 0 spiro atoms. The van der Waals surface area contributed by atoms with Gasteiger partial charge in [-0.15, -0.1) is 0 Å².